The van der Waals surface area contributed by atoms with E-state index in [4.69, 9.17) is 0 Å². The van der Waals surface area contributed by atoms with Gasteiger partial charge in [0, 0.05) is 10.0 Å². The van der Waals surface area contributed by atoms with Gasteiger partial charge in [-0.2, -0.15) is 0 Å². The van der Waals surface area contributed by atoms with E-state index in [1.165, 1.54) is 29.3 Å². The van der Waals surface area contributed by atoms with Gasteiger partial charge in [0.1, 0.15) is 0 Å². The van der Waals surface area contributed by atoms with Crippen molar-refractivity contribution in [3.8, 4) is 0 Å². The first-order valence-electron chi connectivity index (χ1n) is 6.13. The normalized spacial score (nSPS) is 25.2. The topological polar surface area (TPSA) is 12.0 Å². The van der Waals surface area contributed by atoms with Crippen LogP contribution in [-0.4, -0.2) is 6.54 Å². The predicted octanol–water partition coefficient (Wildman–Crippen LogP) is 4.07. The van der Waals surface area contributed by atoms with Gasteiger partial charge in [-0.25, -0.2) is 0 Å². The average molecular weight is 282 g/mol. The maximum Gasteiger partial charge on any atom is 0.0437 e. The van der Waals surface area contributed by atoms with Crippen LogP contribution in [0, 0.1) is 5.92 Å². The lowest BCUT2D eigenvalue weighted by Crippen LogP contribution is -2.38. The predicted molar refractivity (Wildman–Crippen MR) is 72.5 cm³/mol. The lowest BCUT2D eigenvalue weighted by Gasteiger charge is -2.32. The maximum absolute atomic E-state index is 3.72. The Morgan fingerprint density at radius 3 is 2.81 bits per heavy atom. The Kier molecular flexibility index (Phi) is 3.70. The van der Waals surface area contributed by atoms with Gasteiger partial charge >= 0.3 is 0 Å². The Morgan fingerprint density at radius 2 is 2.25 bits per heavy atom. The van der Waals surface area contributed by atoms with Crippen LogP contribution < -0.4 is 5.32 Å². The molecule has 1 aliphatic rings. The van der Waals surface area contributed by atoms with Crippen molar-refractivity contribution >= 4 is 15.9 Å². The second-order valence-electron chi connectivity index (χ2n) is 5.22. The van der Waals surface area contributed by atoms with Crippen molar-refractivity contribution < 1.29 is 0 Å². The van der Waals surface area contributed by atoms with Gasteiger partial charge < -0.3 is 5.32 Å². The Balaban J connectivity index is 2.31. The van der Waals surface area contributed by atoms with Crippen molar-refractivity contribution in [2.45, 2.75) is 38.6 Å². The molecule has 0 aromatic heterocycles. The van der Waals surface area contributed by atoms with Crippen LogP contribution in [0.5, 0.6) is 0 Å². The molecule has 0 radical (unpaired) electrons. The third-order valence-corrected chi connectivity index (χ3v) is 3.87. The zero-order valence-corrected chi connectivity index (χ0v) is 11.7. The van der Waals surface area contributed by atoms with Gasteiger partial charge in [-0.15, -0.1) is 0 Å². The first-order chi connectivity index (χ1) is 7.62. The van der Waals surface area contributed by atoms with Crippen molar-refractivity contribution in [2.75, 3.05) is 6.54 Å². The van der Waals surface area contributed by atoms with Crippen LogP contribution in [0.3, 0.4) is 0 Å². The zero-order valence-electron chi connectivity index (χ0n) is 10.1. The minimum Gasteiger partial charge on any atom is -0.307 e. The highest BCUT2D eigenvalue weighted by Gasteiger charge is 2.35. The van der Waals surface area contributed by atoms with Crippen LogP contribution >= 0.6 is 15.9 Å². The van der Waals surface area contributed by atoms with E-state index in [0.717, 1.165) is 12.5 Å². The summed E-state index contributed by atoms with van der Waals surface area (Å²) in [5.74, 6) is 0.726. The van der Waals surface area contributed by atoms with E-state index in [9.17, 15) is 0 Å². The van der Waals surface area contributed by atoms with Crippen LogP contribution in [0.1, 0.15) is 38.7 Å². The fourth-order valence-electron chi connectivity index (χ4n) is 2.83. The molecule has 0 amide bonds. The molecule has 1 saturated heterocycles. The molecule has 1 aromatic carbocycles. The molecule has 1 unspecified atom stereocenters. The van der Waals surface area contributed by atoms with Crippen LogP contribution in [0.2, 0.25) is 0 Å². The number of nitrogens with one attached hydrogen (secondary N) is 1. The minimum absolute atomic E-state index is 0.220. The summed E-state index contributed by atoms with van der Waals surface area (Å²) in [5, 5.41) is 3.72. The van der Waals surface area contributed by atoms with Crippen molar-refractivity contribution in [3.63, 3.8) is 0 Å². The van der Waals surface area contributed by atoms with Gasteiger partial charge in [0.15, 0.2) is 0 Å². The van der Waals surface area contributed by atoms with Crippen molar-refractivity contribution in [3.05, 3.63) is 34.3 Å². The highest BCUT2D eigenvalue weighted by Crippen LogP contribution is 2.37. The summed E-state index contributed by atoms with van der Waals surface area (Å²) in [7, 11) is 0. The molecule has 1 N–H and O–H groups in total. The maximum atomic E-state index is 3.72. The average Bonchev–Trinajstić information content (AvgIpc) is 2.66. The molecule has 0 bridgehead atoms. The Bertz CT molecular complexity index is 354. The van der Waals surface area contributed by atoms with Crippen molar-refractivity contribution in [1.82, 2.24) is 5.32 Å². The SMILES string of the molecule is CC(C)CC1(c2cccc(Br)c2)CCCN1. The molecular weight excluding hydrogens is 262 g/mol. The summed E-state index contributed by atoms with van der Waals surface area (Å²) in [6, 6.07) is 8.76. The molecule has 1 heterocycles. The molecular formula is C14H20BrN. The molecule has 1 aliphatic heterocycles. The molecule has 0 spiro atoms. The molecule has 0 aliphatic carbocycles. The lowest BCUT2D eigenvalue weighted by molar-refractivity contribution is 0.311. The Labute approximate surface area is 107 Å². The Hall–Kier alpha value is -0.340. The molecule has 16 heavy (non-hydrogen) atoms. The van der Waals surface area contributed by atoms with E-state index in [-0.39, 0.29) is 5.54 Å². The second-order valence-corrected chi connectivity index (χ2v) is 6.14. The third-order valence-electron chi connectivity index (χ3n) is 3.38. The number of rotatable bonds is 3. The molecule has 0 saturated carbocycles. The van der Waals surface area contributed by atoms with Crippen molar-refractivity contribution in [2.24, 2.45) is 5.92 Å². The first-order valence-corrected chi connectivity index (χ1v) is 6.93. The second kappa shape index (κ2) is 4.89. The van der Waals surface area contributed by atoms with E-state index < -0.39 is 0 Å². The van der Waals surface area contributed by atoms with Gasteiger partial charge in [-0.1, -0.05) is 41.9 Å². The molecule has 1 atom stereocenters. The first kappa shape index (κ1) is 12.1. The van der Waals surface area contributed by atoms with Gasteiger partial charge in [0.2, 0.25) is 0 Å². The van der Waals surface area contributed by atoms with E-state index in [1.807, 2.05) is 0 Å². The van der Waals surface area contributed by atoms with Gasteiger partial charge in [-0.05, 0) is 49.4 Å². The largest absolute Gasteiger partial charge is 0.307 e. The Morgan fingerprint density at radius 1 is 1.44 bits per heavy atom. The fourth-order valence-corrected chi connectivity index (χ4v) is 3.23. The van der Waals surface area contributed by atoms with Crippen LogP contribution in [0.25, 0.3) is 0 Å². The number of benzene rings is 1. The molecule has 1 aromatic rings. The third kappa shape index (κ3) is 2.49. The van der Waals surface area contributed by atoms with Gasteiger partial charge in [0.05, 0.1) is 0 Å². The highest BCUT2D eigenvalue weighted by molar-refractivity contribution is 9.10. The smallest absolute Gasteiger partial charge is 0.0437 e. The van der Waals surface area contributed by atoms with E-state index in [2.05, 4.69) is 59.4 Å². The number of hydrogen-bond donors (Lipinski definition) is 1. The summed E-state index contributed by atoms with van der Waals surface area (Å²) >= 11 is 3.57. The van der Waals surface area contributed by atoms with Crippen LogP contribution in [0.15, 0.2) is 28.7 Å². The summed E-state index contributed by atoms with van der Waals surface area (Å²) in [6.07, 6.45) is 3.78. The molecule has 2 heteroatoms. The van der Waals surface area contributed by atoms with Crippen LogP contribution in [0.4, 0.5) is 0 Å². The summed E-state index contributed by atoms with van der Waals surface area (Å²) in [4.78, 5) is 0. The molecule has 88 valence electrons. The van der Waals surface area contributed by atoms with Crippen LogP contribution in [-0.2, 0) is 5.54 Å². The zero-order chi connectivity index (χ0) is 11.6. The molecule has 1 nitrogen and oxygen atoms in total. The standard InChI is InChI=1S/C14H20BrN/c1-11(2)10-14(7-4-8-16-14)12-5-3-6-13(15)9-12/h3,5-6,9,11,16H,4,7-8,10H2,1-2H3. The molecule has 2 rings (SSSR count). The van der Waals surface area contributed by atoms with E-state index >= 15 is 0 Å². The summed E-state index contributed by atoms with van der Waals surface area (Å²) < 4.78 is 1.18. The summed E-state index contributed by atoms with van der Waals surface area (Å²) in [6.45, 7) is 5.76. The number of halogens is 1. The minimum atomic E-state index is 0.220. The lowest BCUT2D eigenvalue weighted by atomic mass is 9.81. The van der Waals surface area contributed by atoms with Crippen molar-refractivity contribution in [1.29, 1.82) is 0 Å². The molecule has 1 fully saturated rings. The quantitative estimate of drug-likeness (QED) is 0.881. The van der Waals surface area contributed by atoms with E-state index in [1.54, 1.807) is 0 Å². The number of hydrogen-bond acceptors (Lipinski definition) is 1. The summed E-state index contributed by atoms with van der Waals surface area (Å²) in [5.41, 5.74) is 1.66. The fraction of sp³-hybridized carbons (Fsp3) is 0.571. The monoisotopic (exact) mass is 281 g/mol. The van der Waals surface area contributed by atoms with E-state index in [0.29, 0.717) is 0 Å². The highest BCUT2D eigenvalue weighted by atomic mass is 79.9. The van der Waals surface area contributed by atoms with Gasteiger partial charge in [-0.3, -0.25) is 0 Å². The van der Waals surface area contributed by atoms with Gasteiger partial charge in [0.25, 0.3) is 0 Å².